The monoisotopic (exact) mass is 300 g/mol. The number of benzene rings is 1. The lowest BCUT2D eigenvalue weighted by Gasteiger charge is -2.13. The number of rotatable bonds is 4. The maximum Gasteiger partial charge on any atom is 0.268 e. The largest absolute Gasteiger partial charge is 0.490 e. The molecule has 0 aliphatic carbocycles. The maximum atomic E-state index is 11.1. The summed E-state index contributed by atoms with van der Waals surface area (Å²) in [7, 11) is 0. The number of hydrogen-bond donors (Lipinski definition) is 2. The van der Waals surface area contributed by atoms with E-state index >= 15 is 0 Å². The number of aromatic nitrogens is 2. The second-order valence-electron chi connectivity index (χ2n) is 4.80. The Bertz CT molecular complexity index is 690. The van der Waals surface area contributed by atoms with Gasteiger partial charge in [0.15, 0.2) is 11.5 Å². The minimum atomic E-state index is -0.610. The molecule has 22 heavy (non-hydrogen) atoms. The Kier molecular flexibility index (Phi) is 4.04. The van der Waals surface area contributed by atoms with Gasteiger partial charge in [-0.25, -0.2) is 4.98 Å². The first kappa shape index (κ1) is 14.1. The molecule has 0 radical (unpaired) electrons. The number of fused-ring (bicyclic) bond motifs is 1. The molecule has 1 amide bonds. The van der Waals surface area contributed by atoms with Crippen molar-refractivity contribution in [3.8, 4) is 11.5 Å². The summed E-state index contributed by atoms with van der Waals surface area (Å²) in [5, 5.41) is 3.11. The van der Waals surface area contributed by atoms with E-state index in [0.717, 1.165) is 23.5 Å². The highest BCUT2D eigenvalue weighted by Gasteiger charge is 2.14. The minimum Gasteiger partial charge on any atom is -0.490 e. The van der Waals surface area contributed by atoms with Crippen molar-refractivity contribution >= 4 is 11.7 Å². The lowest BCUT2D eigenvalue weighted by Crippen LogP contribution is -2.14. The fraction of sp³-hybridized carbons (Fsp3) is 0.267. The number of ether oxygens (including phenoxy) is 2. The third kappa shape index (κ3) is 3.08. The van der Waals surface area contributed by atoms with Crippen LogP contribution in [0.3, 0.4) is 0 Å². The zero-order valence-corrected chi connectivity index (χ0v) is 11.9. The van der Waals surface area contributed by atoms with Crippen molar-refractivity contribution in [2.45, 2.75) is 13.0 Å². The molecule has 1 aliphatic heterocycles. The molecule has 3 N–H and O–H groups in total. The van der Waals surface area contributed by atoms with E-state index in [2.05, 4.69) is 15.3 Å². The highest BCUT2D eigenvalue weighted by molar-refractivity contribution is 5.90. The summed E-state index contributed by atoms with van der Waals surface area (Å²) in [5.74, 6) is 1.35. The van der Waals surface area contributed by atoms with Crippen LogP contribution in [0, 0.1) is 0 Å². The fourth-order valence-corrected chi connectivity index (χ4v) is 2.15. The van der Waals surface area contributed by atoms with Gasteiger partial charge in [0.1, 0.15) is 11.5 Å². The van der Waals surface area contributed by atoms with Gasteiger partial charge >= 0.3 is 0 Å². The fourth-order valence-electron chi connectivity index (χ4n) is 2.15. The minimum absolute atomic E-state index is 0.122. The van der Waals surface area contributed by atoms with Crippen molar-refractivity contribution in [1.82, 2.24) is 9.97 Å². The van der Waals surface area contributed by atoms with E-state index in [1.54, 1.807) is 0 Å². The number of carbonyl (C=O) groups is 1. The highest BCUT2D eigenvalue weighted by Crippen LogP contribution is 2.33. The average Bonchev–Trinajstić information content (AvgIpc) is 2.79. The lowest BCUT2D eigenvalue weighted by atomic mass is 10.2. The van der Waals surface area contributed by atoms with Gasteiger partial charge in [-0.05, 0) is 6.07 Å². The van der Waals surface area contributed by atoms with E-state index in [-0.39, 0.29) is 5.69 Å². The molecule has 1 aliphatic rings. The molecule has 0 saturated heterocycles. The molecule has 0 bridgehead atoms. The van der Waals surface area contributed by atoms with Gasteiger partial charge in [-0.1, -0.05) is 12.1 Å². The zero-order valence-electron chi connectivity index (χ0n) is 11.9. The van der Waals surface area contributed by atoms with Crippen LogP contribution in [0.5, 0.6) is 11.5 Å². The summed E-state index contributed by atoms with van der Waals surface area (Å²) in [6.45, 7) is 1.75. The van der Waals surface area contributed by atoms with Gasteiger partial charge in [-0.3, -0.25) is 9.78 Å². The summed E-state index contributed by atoms with van der Waals surface area (Å²) in [4.78, 5) is 19.1. The van der Waals surface area contributed by atoms with Crippen LogP contribution < -0.4 is 20.5 Å². The predicted octanol–water partition coefficient (Wildman–Crippen LogP) is 1.35. The van der Waals surface area contributed by atoms with E-state index in [9.17, 15) is 4.79 Å². The molecule has 0 saturated carbocycles. The zero-order chi connectivity index (χ0) is 15.4. The summed E-state index contributed by atoms with van der Waals surface area (Å²) in [5.41, 5.74) is 6.26. The van der Waals surface area contributed by atoms with E-state index in [1.807, 2.05) is 18.2 Å². The number of hydrogen-bond acceptors (Lipinski definition) is 6. The van der Waals surface area contributed by atoms with Crippen LogP contribution >= 0.6 is 0 Å². The van der Waals surface area contributed by atoms with E-state index < -0.39 is 5.91 Å². The van der Waals surface area contributed by atoms with Gasteiger partial charge in [0.25, 0.3) is 5.91 Å². The SMILES string of the molecule is NC(=O)c1cncc(NCc2cccc3c2OCCCO3)n1. The number of nitrogens with one attached hydrogen (secondary N) is 1. The Morgan fingerprint density at radius 3 is 3.00 bits per heavy atom. The molecule has 3 rings (SSSR count). The van der Waals surface area contributed by atoms with Crippen LogP contribution in [0.4, 0.5) is 5.82 Å². The first-order chi connectivity index (χ1) is 10.7. The van der Waals surface area contributed by atoms with E-state index in [4.69, 9.17) is 15.2 Å². The molecule has 7 heteroatoms. The van der Waals surface area contributed by atoms with E-state index in [1.165, 1.54) is 12.4 Å². The summed E-state index contributed by atoms with van der Waals surface area (Å²) < 4.78 is 11.4. The van der Waals surface area contributed by atoms with Gasteiger partial charge in [0, 0.05) is 18.5 Å². The number of para-hydroxylation sites is 1. The normalized spacial score (nSPS) is 13.3. The van der Waals surface area contributed by atoms with Gasteiger partial charge in [-0.2, -0.15) is 0 Å². The van der Waals surface area contributed by atoms with Crippen LogP contribution in [-0.4, -0.2) is 29.1 Å². The van der Waals surface area contributed by atoms with Crippen molar-refractivity contribution in [3.63, 3.8) is 0 Å². The standard InChI is InChI=1S/C15H16N4O3/c16-15(20)11-8-17-9-13(19-11)18-7-10-3-1-4-12-14(10)22-6-2-5-21-12/h1,3-4,8-9H,2,5-7H2,(H2,16,20)(H,18,19). The summed E-state index contributed by atoms with van der Waals surface area (Å²) in [6, 6.07) is 5.75. The molecule has 2 aromatic rings. The molecule has 0 fully saturated rings. The Morgan fingerprint density at radius 1 is 1.27 bits per heavy atom. The Labute approximate surface area is 127 Å². The van der Waals surface area contributed by atoms with Gasteiger partial charge < -0.3 is 20.5 Å². The van der Waals surface area contributed by atoms with Gasteiger partial charge in [0.2, 0.25) is 0 Å². The molecule has 1 aromatic heterocycles. The van der Waals surface area contributed by atoms with Crippen LogP contribution in [0.2, 0.25) is 0 Å². The topological polar surface area (TPSA) is 99.4 Å². The molecule has 0 unspecified atom stereocenters. The molecule has 0 spiro atoms. The Morgan fingerprint density at radius 2 is 2.14 bits per heavy atom. The smallest absolute Gasteiger partial charge is 0.268 e. The average molecular weight is 300 g/mol. The predicted molar refractivity (Wildman–Crippen MR) is 79.9 cm³/mol. The molecule has 0 atom stereocenters. The number of nitrogens with zero attached hydrogens (tertiary/aromatic N) is 2. The molecule has 2 heterocycles. The number of primary amides is 1. The first-order valence-electron chi connectivity index (χ1n) is 6.97. The maximum absolute atomic E-state index is 11.1. The Hall–Kier alpha value is -2.83. The molecular weight excluding hydrogens is 284 g/mol. The van der Waals surface area contributed by atoms with Crippen LogP contribution in [-0.2, 0) is 6.54 Å². The van der Waals surface area contributed by atoms with Crippen molar-refractivity contribution < 1.29 is 14.3 Å². The third-order valence-corrected chi connectivity index (χ3v) is 3.20. The van der Waals surface area contributed by atoms with Crippen molar-refractivity contribution in [2.75, 3.05) is 18.5 Å². The number of anilines is 1. The first-order valence-corrected chi connectivity index (χ1v) is 6.97. The highest BCUT2D eigenvalue weighted by atomic mass is 16.5. The molecule has 1 aromatic carbocycles. The number of amides is 1. The molecular formula is C15H16N4O3. The Balaban J connectivity index is 1.77. The lowest BCUT2D eigenvalue weighted by molar-refractivity contribution is 0.0995. The summed E-state index contributed by atoms with van der Waals surface area (Å²) >= 11 is 0. The third-order valence-electron chi connectivity index (χ3n) is 3.20. The number of carbonyl (C=O) groups excluding carboxylic acids is 1. The van der Waals surface area contributed by atoms with Crippen LogP contribution in [0.15, 0.2) is 30.6 Å². The van der Waals surface area contributed by atoms with Gasteiger partial charge in [0.05, 0.1) is 25.6 Å². The van der Waals surface area contributed by atoms with Crippen molar-refractivity contribution in [3.05, 3.63) is 41.9 Å². The van der Waals surface area contributed by atoms with Crippen LogP contribution in [0.1, 0.15) is 22.5 Å². The number of nitrogens with two attached hydrogens (primary N) is 1. The van der Waals surface area contributed by atoms with Crippen molar-refractivity contribution in [1.29, 1.82) is 0 Å². The van der Waals surface area contributed by atoms with Gasteiger partial charge in [-0.15, -0.1) is 0 Å². The summed E-state index contributed by atoms with van der Waals surface area (Å²) in [6.07, 6.45) is 3.72. The molecule has 114 valence electrons. The second kappa shape index (κ2) is 6.30. The molecule has 7 nitrogen and oxygen atoms in total. The second-order valence-corrected chi connectivity index (χ2v) is 4.80. The van der Waals surface area contributed by atoms with Crippen molar-refractivity contribution in [2.24, 2.45) is 5.73 Å². The van der Waals surface area contributed by atoms with E-state index in [0.29, 0.717) is 25.6 Å². The van der Waals surface area contributed by atoms with Crippen LogP contribution in [0.25, 0.3) is 0 Å². The quantitative estimate of drug-likeness (QED) is 0.884.